The van der Waals surface area contributed by atoms with E-state index in [-0.39, 0.29) is 0 Å². The first kappa shape index (κ1) is 58.8. The van der Waals surface area contributed by atoms with E-state index in [1.165, 1.54) is 243 Å². The van der Waals surface area contributed by atoms with E-state index in [2.05, 4.69) is 200 Å². The van der Waals surface area contributed by atoms with Crippen LogP contribution in [0.1, 0.15) is 234 Å². The molecule has 0 atom stereocenters. The predicted molar refractivity (Wildman–Crippen MR) is 386 cm³/mol. The van der Waals surface area contributed by atoms with Gasteiger partial charge in [0, 0.05) is 43.7 Å². The summed E-state index contributed by atoms with van der Waals surface area (Å²) < 4.78 is 14.7. The highest BCUT2D eigenvalue weighted by molar-refractivity contribution is 6.29. The number of hydrogen-bond acceptors (Lipinski definition) is 4. The highest BCUT2D eigenvalue weighted by Crippen LogP contribution is 2.52. The van der Waals surface area contributed by atoms with E-state index in [0.717, 1.165) is 62.4 Å². The van der Waals surface area contributed by atoms with Crippen LogP contribution in [0.4, 0.5) is 34.1 Å². The second-order valence-electron chi connectivity index (χ2n) is 28.2. The first-order chi connectivity index (χ1) is 44.5. The zero-order chi connectivity index (χ0) is 60.5. The molecule has 0 bridgehead atoms. The lowest BCUT2D eigenvalue weighted by molar-refractivity contribution is 0.385. The maximum Gasteiger partial charge on any atom is 0.159 e. The highest BCUT2D eigenvalue weighted by atomic mass is 16.3. The van der Waals surface area contributed by atoms with Gasteiger partial charge in [-0.3, -0.25) is 0 Å². The van der Waals surface area contributed by atoms with E-state index in [0.29, 0.717) is 23.7 Å². The zero-order valence-electron chi connectivity index (χ0n) is 54.1. The molecule has 0 aliphatic heterocycles. The quantitative estimate of drug-likeness (QED) is 0.128. The molecule has 10 aromatic carbocycles. The number of anilines is 6. The Balaban J connectivity index is 0.000000624. The molecule has 4 heteroatoms. The summed E-state index contributed by atoms with van der Waals surface area (Å²) in [4.78, 5) is 5.04. The van der Waals surface area contributed by atoms with Crippen LogP contribution in [-0.2, 0) is 0 Å². The fraction of sp³-hybridized carbons (Fsp3) is 0.395. The lowest BCUT2D eigenvalue weighted by atomic mass is 9.83. The fourth-order valence-corrected chi connectivity index (χ4v) is 17.4. The molecule has 2 aromatic heterocycles. The summed E-state index contributed by atoms with van der Waals surface area (Å²) in [5.41, 5.74) is 16.5. The number of furan rings is 2. The number of benzene rings is 10. The summed E-state index contributed by atoms with van der Waals surface area (Å²) in [6.45, 7) is 6.61. The molecule has 5 aliphatic rings. The Morgan fingerprint density at radius 1 is 0.300 bits per heavy atom. The molecule has 0 unspecified atom stereocenters. The van der Waals surface area contributed by atoms with Crippen LogP contribution < -0.4 is 9.80 Å². The Hall–Kier alpha value is -7.56. The van der Waals surface area contributed by atoms with Gasteiger partial charge in [-0.1, -0.05) is 258 Å². The standard InChI is InChI=1S/C76H72N2O2.C7H14.C3H8/c1-5-17-49(18-6-1)51-33-41-57(42-34-51)77(69-31-15-29-63-61-27-13-25-59(73(61)79-75(63)69)53-21-9-3-10-22-53)67-47-39-55-38-46-66-68(48-40-56-37-45-65(67)71(55)72(56)66)78(58-43-35-52(36-44-58)50-19-7-2-8-20-50)70-32-16-30-64-62-28-14-26-60(74(62)80-76(64)70)54-23-11-4-12-24-54;1-7-5-3-2-4-6-7;1-3-2/h13-16,25-50,53-54H,1-12,17-24H2;7H,2-6H2,1H3;3H2,1-2H3. The van der Waals surface area contributed by atoms with Crippen molar-refractivity contribution in [2.45, 2.75) is 211 Å². The SMILES string of the molecule is CC1CCCCC1.CCC.c1cc(C2CCCCC2)c2oc3c(N(c4ccc(C5CCCCC5)cc4)c4ccc5ccc6c(N(c7ccc(C8CCCCC8)cc7)c7cccc8c7oc7c(C9CCCCC9)cccc78)ccc7ccc4c5c76)cccc3c2c1. The van der Waals surface area contributed by atoms with Gasteiger partial charge < -0.3 is 18.6 Å². The van der Waals surface area contributed by atoms with Crippen molar-refractivity contribution in [2.75, 3.05) is 9.80 Å². The van der Waals surface area contributed by atoms with Crippen molar-refractivity contribution in [2.24, 2.45) is 5.92 Å². The zero-order valence-corrected chi connectivity index (χ0v) is 54.1. The first-order valence-electron chi connectivity index (χ1n) is 35.9. The molecule has 0 saturated heterocycles. The fourth-order valence-electron chi connectivity index (χ4n) is 17.4. The summed E-state index contributed by atoms with van der Waals surface area (Å²) in [5.74, 6) is 3.35. The normalized spacial score (nSPS) is 17.8. The molecule has 5 fully saturated rings. The number of rotatable bonds is 10. The topological polar surface area (TPSA) is 32.8 Å². The summed E-state index contributed by atoms with van der Waals surface area (Å²) in [7, 11) is 0. The van der Waals surface area contributed by atoms with Crippen molar-refractivity contribution in [3.8, 4) is 0 Å². The Bertz CT molecular complexity index is 4120. The monoisotopic (exact) mass is 1190 g/mol. The van der Waals surface area contributed by atoms with Gasteiger partial charge in [0.2, 0.25) is 0 Å². The lowest BCUT2D eigenvalue weighted by Gasteiger charge is -2.30. The van der Waals surface area contributed by atoms with Crippen LogP contribution >= 0.6 is 0 Å². The average Bonchev–Trinajstić information content (AvgIpc) is 1.06. The minimum atomic E-state index is 0.532. The van der Waals surface area contributed by atoms with Crippen molar-refractivity contribution in [3.05, 3.63) is 192 Å². The van der Waals surface area contributed by atoms with Crippen LogP contribution in [-0.4, -0.2) is 0 Å². The van der Waals surface area contributed by atoms with Gasteiger partial charge in [-0.2, -0.15) is 0 Å². The van der Waals surface area contributed by atoms with Crippen LogP contribution in [0, 0.1) is 5.92 Å². The van der Waals surface area contributed by atoms with Crippen molar-refractivity contribution in [3.63, 3.8) is 0 Å². The number of fused-ring (bicyclic) bond motifs is 6. The minimum absolute atomic E-state index is 0.532. The molecule has 5 aliphatic carbocycles. The Kier molecular flexibility index (Phi) is 17.2. The van der Waals surface area contributed by atoms with Gasteiger partial charge in [-0.25, -0.2) is 0 Å². The predicted octanol–water partition coefficient (Wildman–Crippen LogP) is 27.5. The molecule has 12 aromatic rings. The summed E-state index contributed by atoms with van der Waals surface area (Å²) >= 11 is 0. The third-order valence-corrected chi connectivity index (χ3v) is 22.1. The molecule has 0 N–H and O–H groups in total. The van der Waals surface area contributed by atoms with Crippen molar-refractivity contribution in [1.82, 2.24) is 0 Å². The van der Waals surface area contributed by atoms with E-state index in [9.17, 15) is 0 Å². The van der Waals surface area contributed by atoms with E-state index in [4.69, 9.17) is 8.83 Å². The molecule has 5 saturated carbocycles. The molecular weight excluding hydrogens is 1090 g/mol. The summed E-state index contributed by atoms with van der Waals surface area (Å²) in [6, 6.07) is 65.7. The van der Waals surface area contributed by atoms with Crippen molar-refractivity contribution < 1.29 is 8.83 Å². The Labute approximate surface area is 535 Å². The van der Waals surface area contributed by atoms with Crippen LogP contribution in [0.15, 0.2) is 179 Å². The molecule has 90 heavy (non-hydrogen) atoms. The Morgan fingerprint density at radius 2 is 0.622 bits per heavy atom. The summed E-state index contributed by atoms with van der Waals surface area (Å²) in [6.07, 6.45) is 34.5. The van der Waals surface area contributed by atoms with Crippen molar-refractivity contribution in [1.29, 1.82) is 0 Å². The maximum absolute atomic E-state index is 7.34. The molecule has 2 heterocycles. The lowest BCUT2D eigenvalue weighted by Crippen LogP contribution is -2.12. The van der Waals surface area contributed by atoms with Crippen LogP contribution in [0.3, 0.4) is 0 Å². The van der Waals surface area contributed by atoms with Gasteiger partial charge in [-0.15, -0.1) is 0 Å². The first-order valence-corrected chi connectivity index (χ1v) is 35.9. The third kappa shape index (κ3) is 11.2. The number of nitrogens with zero attached hydrogens (tertiary/aromatic N) is 2. The van der Waals surface area contributed by atoms with Gasteiger partial charge in [0.1, 0.15) is 11.2 Å². The molecule has 4 nitrogen and oxygen atoms in total. The average molecular weight is 1190 g/mol. The Morgan fingerprint density at radius 3 is 0.978 bits per heavy atom. The minimum Gasteiger partial charge on any atom is -0.454 e. The van der Waals surface area contributed by atoms with E-state index in [1.54, 1.807) is 0 Å². The van der Waals surface area contributed by atoms with E-state index < -0.39 is 0 Å². The number of hydrogen-bond donors (Lipinski definition) is 0. The largest absolute Gasteiger partial charge is 0.454 e. The van der Waals surface area contributed by atoms with Gasteiger partial charge >= 0.3 is 0 Å². The van der Waals surface area contributed by atoms with Crippen LogP contribution in [0.25, 0.3) is 76.2 Å². The van der Waals surface area contributed by atoms with Gasteiger partial charge in [0.25, 0.3) is 0 Å². The van der Waals surface area contributed by atoms with Crippen LogP contribution in [0.2, 0.25) is 0 Å². The molecule has 0 amide bonds. The van der Waals surface area contributed by atoms with Gasteiger partial charge in [0.15, 0.2) is 11.2 Å². The third-order valence-electron chi connectivity index (χ3n) is 22.1. The molecule has 460 valence electrons. The molecule has 17 rings (SSSR count). The smallest absolute Gasteiger partial charge is 0.159 e. The van der Waals surface area contributed by atoms with Gasteiger partial charge in [0.05, 0.1) is 22.7 Å². The van der Waals surface area contributed by atoms with Crippen molar-refractivity contribution >= 4 is 110 Å². The molecule has 0 radical (unpaired) electrons. The summed E-state index contributed by atoms with van der Waals surface area (Å²) in [5, 5.41) is 12.3. The van der Waals surface area contributed by atoms with Gasteiger partial charge in [-0.05, 0) is 173 Å². The van der Waals surface area contributed by atoms with Crippen LogP contribution in [0.5, 0.6) is 0 Å². The number of para-hydroxylation sites is 4. The maximum atomic E-state index is 7.34. The second kappa shape index (κ2) is 26.3. The molecular formula is C86H94N2O2. The highest BCUT2D eigenvalue weighted by Gasteiger charge is 2.29. The second-order valence-corrected chi connectivity index (χ2v) is 28.2. The van der Waals surface area contributed by atoms with E-state index in [1.807, 2.05) is 0 Å². The van der Waals surface area contributed by atoms with E-state index >= 15 is 0 Å². The molecule has 0 spiro atoms.